The van der Waals surface area contributed by atoms with E-state index in [-0.39, 0.29) is 30.3 Å². The van der Waals surface area contributed by atoms with Crippen molar-refractivity contribution in [3.05, 3.63) is 35.9 Å². The maximum Gasteiger partial charge on any atom is 0.405 e. The minimum atomic E-state index is -1.24. The Bertz CT molecular complexity index is 511. The first-order chi connectivity index (χ1) is 10.4. The molecule has 1 rings (SSSR count). The molecule has 0 aromatic heterocycles. The van der Waals surface area contributed by atoms with Crippen LogP contribution in [-0.4, -0.2) is 28.8 Å². The van der Waals surface area contributed by atoms with Crippen molar-refractivity contribution in [3.8, 4) is 0 Å². The highest BCUT2D eigenvalue weighted by Crippen LogP contribution is 2.10. The highest BCUT2D eigenvalue weighted by Gasteiger charge is 2.23. The molecule has 1 atom stereocenters. The fourth-order valence-electron chi connectivity index (χ4n) is 2.23. The quantitative estimate of drug-likeness (QED) is 0.687. The van der Waals surface area contributed by atoms with E-state index < -0.39 is 12.1 Å². The summed E-state index contributed by atoms with van der Waals surface area (Å²) in [5.74, 6) is -0.343. The Morgan fingerprint density at radius 2 is 1.77 bits per heavy atom. The summed E-state index contributed by atoms with van der Waals surface area (Å²) >= 11 is 0. The molecule has 1 amide bonds. The Balaban J connectivity index is 2.49. The predicted octanol–water partition coefficient (Wildman–Crippen LogP) is 2.83. The Morgan fingerprint density at radius 1 is 1.14 bits per heavy atom. The van der Waals surface area contributed by atoms with Gasteiger partial charge < -0.3 is 10.4 Å². The van der Waals surface area contributed by atoms with E-state index in [9.17, 15) is 14.4 Å². The van der Waals surface area contributed by atoms with E-state index >= 15 is 0 Å². The maximum atomic E-state index is 12.1. The van der Waals surface area contributed by atoms with Crippen molar-refractivity contribution < 1.29 is 19.5 Å². The third-order valence-corrected chi connectivity index (χ3v) is 3.30. The summed E-state index contributed by atoms with van der Waals surface area (Å²) < 4.78 is 0. The number of amides is 1. The third-order valence-electron chi connectivity index (χ3n) is 3.30. The number of benzene rings is 1. The molecule has 0 aliphatic heterocycles. The minimum absolute atomic E-state index is 0.158. The largest absolute Gasteiger partial charge is 0.465 e. The van der Waals surface area contributed by atoms with Gasteiger partial charge in [-0.25, -0.2) is 4.79 Å². The van der Waals surface area contributed by atoms with Crippen LogP contribution >= 0.6 is 0 Å². The van der Waals surface area contributed by atoms with Gasteiger partial charge in [0.1, 0.15) is 5.78 Å². The lowest BCUT2D eigenvalue weighted by Gasteiger charge is -2.17. The van der Waals surface area contributed by atoms with Gasteiger partial charge in [0.15, 0.2) is 5.78 Å². The first kappa shape index (κ1) is 17.9. The molecule has 5 heteroatoms. The van der Waals surface area contributed by atoms with Crippen molar-refractivity contribution in [2.75, 3.05) is 0 Å². The molecule has 1 aromatic rings. The van der Waals surface area contributed by atoms with Gasteiger partial charge in [-0.2, -0.15) is 0 Å². The van der Waals surface area contributed by atoms with Gasteiger partial charge in [-0.15, -0.1) is 0 Å². The molecule has 0 heterocycles. The van der Waals surface area contributed by atoms with E-state index in [4.69, 9.17) is 5.11 Å². The number of rotatable bonds is 9. The number of aryl methyl sites for hydroxylation is 1. The van der Waals surface area contributed by atoms with Gasteiger partial charge in [0, 0.05) is 6.42 Å². The van der Waals surface area contributed by atoms with Gasteiger partial charge >= 0.3 is 6.09 Å². The Kier molecular flexibility index (Phi) is 7.29. The van der Waals surface area contributed by atoms with Crippen LogP contribution in [0.15, 0.2) is 30.3 Å². The third kappa shape index (κ3) is 7.02. The fourth-order valence-corrected chi connectivity index (χ4v) is 2.23. The molecular weight excluding hydrogens is 282 g/mol. The van der Waals surface area contributed by atoms with E-state index in [1.54, 1.807) is 0 Å². The monoisotopic (exact) mass is 305 g/mol. The lowest BCUT2D eigenvalue weighted by Crippen LogP contribution is -2.41. The summed E-state index contributed by atoms with van der Waals surface area (Å²) in [6.07, 6.45) is -0.178. The Hall–Kier alpha value is -2.17. The molecule has 0 unspecified atom stereocenters. The fraction of sp³-hybridized carbons (Fsp3) is 0.471. The molecule has 5 nitrogen and oxygen atoms in total. The first-order valence-electron chi connectivity index (χ1n) is 7.46. The minimum Gasteiger partial charge on any atom is -0.465 e. The number of hydrogen-bond acceptors (Lipinski definition) is 3. The van der Waals surface area contributed by atoms with Gasteiger partial charge in [0.25, 0.3) is 0 Å². The van der Waals surface area contributed by atoms with Crippen LogP contribution in [0.4, 0.5) is 4.79 Å². The van der Waals surface area contributed by atoms with Crippen LogP contribution in [0.3, 0.4) is 0 Å². The van der Waals surface area contributed by atoms with Crippen LogP contribution in [-0.2, 0) is 16.0 Å². The zero-order valence-corrected chi connectivity index (χ0v) is 13.0. The zero-order chi connectivity index (χ0) is 16.5. The van der Waals surface area contributed by atoms with Crippen LogP contribution in [0.2, 0.25) is 0 Å². The smallest absolute Gasteiger partial charge is 0.405 e. The van der Waals surface area contributed by atoms with Crippen LogP contribution in [0.25, 0.3) is 0 Å². The molecule has 2 N–H and O–H groups in total. The predicted molar refractivity (Wildman–Crippen MR) is 83.8 cm³/mol. The average molecular weight is 305 g/mol. The van der Waals surface area contributed by atoms with Gasteiger partial charge in [0.2, 0.25) is 0 Å². The van der Waals surface area contributed by atoms with E-state index in [0.717, 1.165) is 5.56 Å². The van der Waals surface area contributed by atoms with Crippen LogP contribution in [0.5, 0.6) is 0 Å². The second-order valence-corrected chi connectivity index (χ2v) is 5.80. The van der Waals surface area contributed by atoms with E-state index in [0.29, 0.717) is 12.8 Å². The number of nitrogens with one attached hydrogen (secondary N) is 1. The van der Waals surface area contributed by atoms with Crippen molar-refractivity contribution >= 4 is 17.7 Å². The molecular formula is C17H23NO4. The Labute approximate surface area is 130 Å². The summed E-state index contributed by atoms with van der Waals surface area (Å²) in [6, 6.07) is 8.77. The van der Waals surface area contributed by atoms with Gasteiger partial charge in [0.05, 0.1) is 12.5 Å². The molecule has 0 aliphatic carbocycles. The summed E-state index contributed by atoms with van der Waals surface area (Å²) in [4.78, 5) is 34.7. The topological polar surface area (TPSA) is 83.5 Å². The van der Waals surface area contributed by atoms with Crippen LogP contribution in [0.1, 0.15) is 38.7 Å². The van der Waals surface area contributed by atoms with Crippen molar-refractivity contribution in [2.24, 2.45) is 5.92 Å². The molecule has 0 fully saturated rings. The summed E-state index contributed by atoms with van der Waals surface area (Å²) in [6.45, 7) is 3.81. The highest BCUT2D eigenvalue weighted by atomic mass is 16.4. The first-order valence-corrected chi connectivity index (χ1v) is 7.46. The van der Waals surface area contributed by atoms with Crippen molar-refractivity contribution in [3.63, 3.8) is 0 Å². The van der Waals surface area contributed by atoms with Gasteiger partial charge in [-0.05, 0) is 24.3 Å². The molecule has 22 heavy (non-hydrogen) atoms. The van der Waals surface area contributed by atoms with Crippen molar-refractivity contribution in [2.45, 2.75) is 45.6 Å². The SMILES string of the molecule is CC(C)C[C@H](NC(=O)O)C(=O)CC(=O)CCc1ccccc1. The molecule has 0 saturated heterocycles. The molecule has 0 bridgehead atoms. The lowest BCUT2D eigenvalue weighted by molar-refractivity contribution is -0.128. The second-order valence-electron chi connectivity index (χ2n) is 5.80. The van der Waals surface area contributed by atoms with Gasteiger partial charge in [-0.3, -0.25) is 9.59 Å². The number of hydrogen-bond donors (Lipinski definition) is 2. The Morgan fingerprint density at radius 3 is 2.32 bits per heavy atom. The highest BCUT2D eigenvalue weighted by molar-refractivity contribution is 6.02. The average Bonchev–Trinajstić information content (AvgIpc) is 2.44. The summed E-state index contributed by atoms with van der Waals surface area (Å²) in [5.41, 5.74) is 1.05. The molecule has 0 radical (unpaired) electrons. The number of carbonyl (C=O) groups is 3. The van der Waals surface area contributed by atoms with E-state index in [2.05, 4.69) is 5.32 Å². The van der Waals surface area contributed by atoms with E-state index in [1.807, 2.05) is 44.2 Å². The molecule has 1 aromatic carbocycles. The molecule has 0 saturated carbocycles. The molecule has 0 aliphatic rings. The van der Waals surface area contributed by atoms with Crippen molar-refractivity contribution in [1.29, 1.82) is 0 Å². The zero-order valence-electron chi connectivity index (χ0n) is 13.0. The molecule has 0 spiro atoms. The standard InChI is InChI=1S/C17H23NO4/c1-12(2)10-15(18-17(21)22)16(20)11-14(19)9-8-13-6-4-3-5-7-13/h3-7,12,15,18H,8-11H2,1-2H3,(H,21,22)/t15-/m0/s1. The lowest BCUT2D eigenvalue weighted by atomic mass is 9.96. The van der Waals surface area contributed by atoms with E-state index in [1.165, 1.54) is 0 Å². The summed E-state index contributed by atoms with van der Waals surface area (Å²) in [5, 5.41) is 11.0. The number of ketones is 2. The molecule has 120 valence electrons. The number of Topliss-reactive ketones (excluding diaryl/α,β-unsaturated/α-hetero) is 2. The van der Waals surface area contributed by atoms with Crippen LogP contribution < -0.4 is 5.32 Å². The number of carbonyl (C=O) groups excluding carboxylic acids is 2. The normalized spacial score (nSPS) is 12.0. The van der Waals surface area contributed by atoms with Crippen molar-refractivity contribution in [1.82, 2.24) is 5.32 Å². The second kappa shape index (κ2) is 8.97. The summed E-state index contributed by atoms with van der Waals surface area (Å²) in [7, 11) is 0. The van der Waals surface area contributed by atoms with Crippen LogP contribution in [0, 0.1) is 5.92 Å². The maximum absolute atomic E-state index is 12.1. The van der Waals surface area contributed by atoms with Gasteiger partial charge in [-0.1, -0.05) is 44.2 Å². The number of carboxylic acid groups (broad SMARTS) is 1.